The highest BCUT2D eigenvalue weighted by Gasteiger charge is 2.34. The fraction of sp³-hybridized carbons (Fsp3) is 0.118. The molecule has 0 bridgehead atoms. The molecule has 124 valence electrons. The molecule has 8 heteroatoms. The van der Waals surface area contributed by atoms with E-state index < -0.39 is 6.04 Å². The Kier molecular flexibility index (Phi) is 3.70. The first-order valence-electron chi connectivity index (χ1n) is 7.74. The van der Waals surface area contributed by atoms with Gasteiger partial charge in [-0.05, 0) is 31.2 Å². The number of fused-ring (bicyclic) bond motifs is 1. The fourth-order valence-corrected chi connectivity index (χ4v) is 2.82. The normalized spacial score (nSPS) is 16.1. The van der Waals surface area contributed by atoms with Crippen LogP contribution in [0.5, 0.6) is 0 Å². The molecule has 0 spiro atoms. The number of nitrogens with zero attached hydrogens (tertiary/aromatic N) is 5. The molecule has 2 N–H and O–H groups in total. The van der Waals surface area contributed by atoms with Crippen molar-refractivity contribution in [1.29, 1.82) is 0 Å². The number of anilines is 2. The highest BCUT2D eigenvalue weighted by Crippen LogP contribution is 2.33. The van der Waals surface area contributed by atoms with Gasteiger partial charge in [0.1, 0.15) is 18.2 Å². The van der Waals surface area contributed by atoms with Gasteiger partial charge < -0.3 is 10.6 Å². The molecule has 1 aliphatic rings. The minimum absolute atomic E-state index is 0.263. The zero-order valence-corrected chi connectivity index (χ0v) is 13.4. The second-order valence-corrected chi connectivity index (χ2v) is 5.52. The van der Waals surface area contributed by atoms with Crippen LogP contribution in [-0.4, -0.2) is 30.6 Å². The zero-order valence-electron chi connectivity index (χ0n) is 13.4. The SMILES string of the molecule is CC1=C(C(=O)Nc2ccccn2)[C@@H](c2ccccn2)n2ncnc2N1. The topological polar surface area (TPSA) is 97.6 Å². The van der Waals surface area contributed by atoms with Crippen LogP contribution in [0.15, 0.2) is 66.4 Å². The molecule has 3 aromatic rings. The number of allylic oxidation sites excluding steroid dienone is 1. The number of nitrogens with one attached hydrogen (secondary N) is 2. The first-order chi connectivity index (χ1) is 12.2. The van der Waals surface area contributed by atoms with Crippen molar-refractivity contribution in [2.45, 2.75) is 13.0 Å². The number of carbonyl (C=O) groups excluding carboxylic acids is 1. The smallest absolute Gasteiger partial charge is 0.257 e. The average molecular weight is 333 g/mol. The van der Waals surface area contributed by atoms with Gasteiger partial charge in [0.05, 0.1) is 11.3 Å². The van der Waals surface area contributed by atoms with E-state index >= 15 is 0 Å². The van der Waals surface area contributed by atoms with Crippen molar-refractivity contribution < 1.29 is 4.79 Å². The van der Waals surface area contributed by atoms with Crippen molar-refractivity contribution in [1.82, 2.24) is 24.7 Å². The van der Waals surface area contributed by atoms with Crippen LogP contribution in [0.1, 0.15) is 18.7 Å². The number of aromatic nitrogens is 5. The lowest BCUT2D eigenvalue weighted by molar-refractivity contribution is -0.113. The fourth-order valence-electron chi connectivity index (χ4n) is 2.82. The van der Waals surface area contributed by atoms with Crippen LogP contribution in [0.3, 0.4) is 0 Å². The van der Waals surface area contributed by atoms with E-state index in [1.54, 1.807) is 29.2 Å². The van der Waals surface area contributed by atoms with Crippen LogP contribution in [-0.2, 0) is 4.79 Å². The third-order valence-electron chi connectivity index (χ3n) is 3.91. The monoisotopic (exact) mass is 333 g/mol. The lowest BCUT2D eigenvalue weighted by Gasteiger charge is -2.27. The standard InChI is InChI=1S/C17H15N7O/c1-11-14(16(25)23-13-7-3-5-9-19-13)15(12-6-2-4-8-18-12)24-17(22-11)20-10-21-24/h2-10,15H,1H3,(H,19,23,25)(H,20,21,22)/t15-/m1/s1. The molecule has 25 heavy (non-hydrogen) atoms. The van der Waals surface area contributed by atoms with E-state index in [4.69, 9.17) is 0 Å². The molecule has 4 heterocycles. The summed E-state index contributed by atoms with van der Waals surface area (Å²) < 4.78 is 1.66. The van der Waals surface area contributed by atoms with Crippen molar-refractivity contribution in [3.05, 3.63) is 72.1 Å². The van der Waals surface area contributed by atoms with Gasteiger partial charge in [-0.3, -0.25) is 9.78 Å². The Bertz CT molecular complexity index is 934. The zero-order chi connectivity index (χ0) is 17.2. The summed E-state index contributed by atoms with van der Waals surface area (Å²) in [6.07, 6.45) is 4.77. The predicted octanol–water partition coefficient (Wildman–Crippen LogP) is 2.00. The van der Waals surface area contributed by atoms with Crippen LogP contribution in [0.25, 0.3) is 0 Å². The number of pyridine rings is 2. The molecule has 0 saturated heterocycles. The Morgan fingerprint density at radius 1 is 1.12 bits per heavy atom. The van der Waals surface area contributed by atoms with E-state index in [2.05, 4.69) is 30.7 Å². The van der Waals surface area contributed by atoms with Crippen LogP contribution in [0.2, 0.25) is 0 Å². The molecule has 3 aromatic heterocycles. The molecule has 0 aliphatic carbocycles. The summed E-state index contributed by atoms with van der Waals surface area (Å²) in [7, 11) is 0. The quantitative estimate of drug-likeness (QED) is 0.761. The summed E-state index contributed by atoms with van der Waals surface area (Å²) in [5.74, 6) is 0.792. The van der Waals surface area contributed by atoms with E-state index in [1.165, 1.54) is 6.33 Å². The van der Waals surface area contributed by atoms with Crippen molar-refractivity contribution in [3.8, 4) is 0 Å². The maximum atomic E-state index is 13.0. The van der Waals surface area contributed by atoms with Crippen molar-refractivity contribution >= 4 is 17.7 Å². The molecule has 0 radical (unpaired) electrons. The molecule has 0 fully saturated rings. The molecular weight excluding hydrogens is 318 g/mol. The molecule has 0 aromatic carbocycles. The van der Waals surface area contributed by atoms with Gasteiger partial charge in [0.2, 0.25) is 5.95 Å². The third kappa shape index (κ3) is 2.74. The van der Waals surface area contributed by atoms with E-state index in [-0.39, 0.29) is 5.91 Å². The van der Waals surface area contributed by atoms with Gasteiger partial charge in [-0.15, -0.1) is 0 Å². The predicted molar refractivity (Wildman–Crippen MR) is 91.6 cm³/mol. The summed E-state index contributed by atoms with van der Waals surface area (Å²) in [4.78, 5) is 25.7. The number of hydrogen-bond donors (Lipinski definition) is 2. The minimum atomic E-state index is -0.469. The lowest BCUT2D eigenvalue weighted by atomic mass is 9.99. The molecule has 1 atom stereocenters. The Morgan fingerprint density at radius 3 is 2.64 bits per heavy atom. The number of amides is 1. The van der Waals surface area contributed by atoms with Gasteiger partial charge in [0.15, 0.2) is 0 Å². The number of carbonyl (C=O) groups is 1. The third-order valence-corrected chi connectivity index (χ3v) is 3.91. The van der Waals surface area contributed by atoms with Gasteiger partial charge in [0.25, 0.3) is 5.91 Å². The highest BCUT2D eigenvalue weighted by molar-refractivity contribution is 6.05. The average Bonchev–Trinajstić information content (AvgIpc) is 3.10. The van der Waals surface area contributed by atoms with E-state index in [9.17, 15) is 4.79 Å². The molecule has 8 nitrogen and oxygen atoms in total. The van der Waals surface area contributed by atoms with E-state index in [0.29, 0.717) is 28.7 Å². The second kappa shape index (κ2) is 6.16. The molecule has 0 saturated carbocycles. The number of hydrogen-bond acceptors (Lipinski definition) is 6. The van der Waals surface area contributed by atoms with Gasteiger partial charge in [0, 0.05) is 18.1 Å². The summed E-state index contributed by atoms with van der Waals surface area (Å²) in [5, 5.41) is 10.2. The largest absolute Gasteiger partial charge is 0.328 e. The molecule has 0 unspecified atom stereocenters. The number of rotatable bonds is 3. The Hall–Kier alpha value is -3.55. The summed E-state index contributed by atoms with van der Waals surface area (Å²) in [6.45, 7) is 1.83. The minimum Gasteiger partial charge on any atom is -0.328 e. The Morgan fingerprint density at radius 2 is 1.92 bits per heavy atom. The molecule has 1 aliphatic heterocycles. The second-order valence-electron chi connectivity index (χ2n) is 5.52. The van der Waals surface area contributed by atoms with Gasteiger partial charge in [-0.25, -0.2) is 9.67 Å². The maximum Gasteiger partial charge on any atom is 0.257 e. The van der Waals surface area contributed by atoms with Gasteiger partial charge in [-0.2, -0.15) is 10.1 Å². The first kappa shape index (κ1) is 15.0. The molecule has 4 rings (SSSR count). The highest BCUT2D eigenvalue weighted by atomic mass is 16.1. The van der Waals surface area contributed by atoms with E-state index in [1.807, 2.05) is 31.2 Å². The maximum absolute atomic E-state index is 13.0. The molecule has 1 amide bonds. The Balaban J connectivity index is 1.77. The van der Waals surface area contributed by atoms with Crippen molar-refractivity contribution in [2.24, 2.45) is 0 Å². The first-order valence-corrected chi connectivity index (χ1v) is 7.74. The summed E-state index contributed by atoms with van der Waals surface area (Å²) in [5.41, 5.74) is 1.92. The molecular formula is C17H15N7O. The van der Waals surface area contributed by atoms with Crippen LogP contribution in [0, 0.1) is 0 Å². The van der Waals surface area contributed by atoms with Crippen LogP contribution in [0.4, 0.5) is 11.8 Å². The van der Waals surface area contributed by atoms with Crippen molar-refractivity contribution in [3.63, 3.8) is 0 Å². The van der Waals surface area contributed by atoms with Gasteiger partial charge >= 0.3 is 0 Å². The lowest BCUT2D eigenvalue weighted by Crippen LogP contribution is -2.32. The van der Waals surface area contributed by atoms with Crippen LogP contribution >= 0.6 is 0 Å². The Labute approximate surface area is 143 Å². The summed E-state index contributed by atoms with van der Waals surface area (Å²) >= 11 is 0. The van der Waals surface area contributed by atoms with Gasteiger partial charge in [-0.1, -0.05) is 12.1 Å². The van der Waals surface area contributed by atoms with E-state index in [0.717, 1.165) is 0 Å². The van der Waals surface area contributed by atoms with Crippen LogP contribution < -0.4 is 10.6 Å². The summed E-state index contributed by atoms with van der Waals surface area (Å²) in [6, 6.07) is 10.4. The van der Waals surface area contributed by atoms with Crippen molar-refractivity contribution in [2.75, 3.05) is 10.6 Å².